The van der Waals surface area contributed by atoms with Crippen molar-refractivity contribution in [2.45, 2.75) is 19.8 Å². The number of piperidine rings is 1. The van der Waals surface area contributed by atoms with Crippen molar-refractivity contribution < 1.29 is 23.8 Å². The van der Waals surface area contributed by atoms with Crippen LogP contribution in [0.2, 0.25) is 5.02 Å². The van der Waals surface area contributed by atoms with Crippen LogP contribution in [0.3, 0.4) is 0 Å². The van der Waals surface area contributed by atoms with Crippen molar-refractivity contribution in [2.24, 2.45) is 5.92 Å². The van der Waals surface area contributed by atoms with Crippen molar-refractivity contribution in [3.8, 4) is 11.5 Å². The van der Waals surface area contributed by atoms with Gasteiger partial charge in [0.15, 0.2) is 0 Å². The van der Waals surface area contributed by atoms with E-state index in [-0.39, 0.29) is 24.3 Å². The molecule has 0 aromatic heterocycles. The number of hydrogen-bond donors (Lipinski definition) is 1. The first kappa shape index (κ1) is 20.3. The molecular weight excluding hydrogens is 360 g/mol. The molecule has 0 atom stereocenters. The third kappa shape index (κ3) is 5.25. The molecule has 7 nitrogen and oxygen atoms in total. The quantitative estimate of drug-likeness (QED) is 0.728. The third-order valence-electron chi connectivity index (χ3n) is 4.32. The fraction of sp³-hybridized carbons (Fsp3) is 0.556. The maximum Gasteiger partial charge on any atom is 0.309 e. The number of carbonyl (C=O) groups is 2. The van der Waals surface area contributed by atoms with Crippen molar-refractivity contribution in [1.29, 1.82) is 0 Å². The second kappa shape index (κ2) is 9.64. The molecule has 1 amide bonds. The van der Waals surface area contributed by atoms with Crippen molar-refractivity contribution in [2.75, 3.05) is 45.8 Å². The number of benzene rings is 1. The lowest BCUT2D eigenvalue weighted by atomic mass is 9.97. The Kier molecular flexibility index (Phi) is 7.53. The summed E-state index contributed by atoms with van der Waals surface area (Å²) in [6.07, 6.45) is 1.40. The molecule has 1 saturated heterocycles. The highest BCUT2D eigenvalue weighted by Gasteiger charge is 2.27. The summed E-state index contributed by atoms with van der Waals surface area (Å²) in [5, 5.41) is 3.24. The Labute approximate surface area is 158 Å². The van der Waals surface area contributed by atoms with E-state index in [4.69, 9.17) is 25.8 Å². The number of anilines is 1. The normalized spacial score (nSPS) is 15.4. The van der Waals surface area contributed by atoms with Gasteiger partial charge in [-0.1, -0.05) is 11.6 Å². The van der Waals surface area contributed by atoms with Crippen LogP contribution in [0.4, 0.5) is 5.69 Å². The van der Waals surface area contributed by atoms with Gasteiger partial charge in [0.25, 0.3) is 0 Å². The van der Waals surface area contributed by atoms with E-state index in [0.29, 0.717) is 54.7 Å². The minimum absolute atomic E-state index is 0.0742. The highest BCUT2D eigenvalue weighted by molar-refractivity contribution is 6.32. The Morgan fingerprint density at radius 3 is 2.42 bits per heavy atom. The summed E-state index contributed by atoms with van der Waals surface area (Å²) in [5.74, 6) is 0.537. The average molecular weight is 385 g/mol. The summed E-state index contributed by atoms with van der Waals surface area (Å²) in [6.45, 7) is 3.80. The molecule has 1 aromatic rings. The van der Waals surface area contributed by atoms with E-state index in [0.717, 1.165) is 0 Å². The first-order valence-electron chi connectivity index (χ1n) is 8.58. The molecule has 0 unspecified atom stereocenters. The van der Waals surface area contributed by atoms with E-state index >= 15 is 0 Å². The molecule has 8 heteroatoms. The molecule has 1 N–H and O–H groups in total. The van der Waals surface area contributed by atoms with E-state index in [1.807, 2.05) is 4.90 Å². The van der Waals surface area contributed by atoms with Gasteiger partial charge in [0.1, 0.15) is 11.5 Å². The molecule has 1 aliphatic rings. The summed E-state index contributed by atoms with van der Waals surface area (Å²) < 4.78 is 15.5. The van der Waals surface area contributed by atoms with Crippen molar-refractivity contribution in [3.05, 3.63) is 17.2 Å². The Hall–Kier alpha value is -1.99. The number of likely N-dealkylation sites (tertiary alicyclic amines) is 1. The molecule has 0 spiro atoms. The number of carbonyl (C=O) groups excluding carboxylic acids is 2. The van der Waals surface area contributed by atoms with Crippen LogP contribution in [-0.4, -0.2) is 57.2 Å². The topological polar surface area (TPSA) is 77.1 Å². The standard InChI is InChI=1S/C18H25ClN2O5/c1-4-26-18(23)12-5-7-21(8-6-12)11-17(22)20-14-10-15(24-2)13(19)9-16(14)25-3/h9-10,12H,4-8,11H2,1-3H3,(H,20,22). The smallest absolute Gasteiger partial charge is 0.309 e. The van der Waals surface area contributed by atoms with Crippen molar-refractivity contribution in [1.82, 2.24) is 4.90 Å². The van der Waals surface area contributed by atoms with Gasteiger partial charge in [0.2, 0.25) is 5.91 Å². The Bertz CT molecular complexity index is 645. The third-order valence-corrected chi connectivity index (χ3v) is 4.62. The summed E-state index contributed by atoms with van der Waals surface area (Å²) in [4.78, 5) is 26.2. The molecule has 1 aromatic carbocycles. The maximum absolute atomic E-state index is 12.4. The summed E-state index contributed by atoms with van der Waals surface area (Å²) in [7, 11) is 3.01. The zero-order valence-electron chi connectivity index (χ0n) is 15.3. The number of halogens is 1. The van der Waals surface area contributed by atoms with Crippen LogP contribution >= 0.6 is 11.6 Å². The van der Waals surface area contributed by atoms with E-state index in [1.165, 1.54) is 14.2 Å². The molecule has 0 radical (unpaired) electrons. The monoisotopic (exact) mass is 384 g/mol. The van der Waals surface area contributed by atoms with Crippen LogP contribution in [-0.2, 0) is 14.3 Å². The highest BCUT2D eigenvalue weighted by atomic mass is 35.5. The number of rotatable bonds is 7. The van der Waals surface area contributed by atoms with Crippen LogP contribution < -0.4 is 14.8 Å². The predicted octanol–water partition coefficient (Wildman–Crippen LogP) is 2.57. The van der Waals surface area contributed by atoms with Gasteiger partial charge < -0.3 is 19.5 Å². The summed E-state index contributed by atoms with van der Waals surface area (Å²) in [6, 6.07) is 3.23. The van der Waals surface area contributed by atoms with Crippen LogP contribution in [0.15, 0.2) is 12.1 Å². The molecule has 1 heterocycles. The zero-order chi connectivity index (χ0) is 19.1. The second-order valence-electron chi connectivity index (χ2n) is 6.04. The second-order valence-corrected chi connectivity index (χ2v) is 6.44. The van der Waals surface area contributed by atoms with Gasteiger partial charge in [-0.25, -0.2) is 0 Å². The fourth-order valence-corrected chi connectivity index (χ4v) is 3.17. The van der Waals surface area contributed by atoms with Gasteiger partial charge in [-0.2, -0.15) is 0 Å². The number of esters is 1. The zero-order valence-corrected chi connectivity index (χ0v) is 16.1. The first-order chi connectivity index (χ1) is 12.5. The van der Waals surface area contributed by atoms with E-state index in [9.17, 15) is 9.59 Å². The van der Waals surface area contributed by atoms with Gasteiger partial charge in [-0.05, 0) is 32.9 Å². The lowest BCUT2D eigenvalue weighted by molar-refractivity contribution is -0.149. The Balaban J connectivity index is 1.91. The first-order valence-corrected chi connectivity index (χ1v) is 8.96. The van der Waals surface area contributed by atoms with Gasteiger partial charge in [0.05, 0.1) is 44.0 Å². The number of nitrogens with zero attached hydrogens (tertiary/aromatic N) is 1. The van der Waals surface area contributed by atoms with Crippen LogP contribution in [0.25, 0.3) is 0 Å². The van der Waals surface area contributed by atoms with Crippen LogP contribution in [0, 0.1) is 5.92 Å². The minimum Gasteiger partial charge on any atom is -0.495 e. The lowest BCUT2D eigenvalue weighted by Crippen LogP contribution is -2.41. The minimum atomic E-state index is -0.165. The summed E-state index contributed by atoms with van der Waals surface area (Å²) in [5.41, 5.74) is 0.500. The van der Waals surface area contributed by atoms with Gasteiger partial charge in [0, 0.05) is 12.1 Å². The molecular formula is C18H25ClN2O5. The van der Waals surface area contributed by atoms with Crippen molar-refractivity contribution >= 4 is 29.2 Å². The molecule has 2 rings (SSSR count). The number of amides is 1. The summed E-state index contributed by atoms with van der Waals surface area (Å²) >= 11 is 6.07. The molecule has 0 aliphatic carbocycles. The van der Waals surface area contributed by atoms with Crippen molar-refractivity contribution in [3.63, 3.8) is 0 Å². The van der Waals surface area contributed by atoms with Crippen LogP contribution in [0.1, 0.15) is 19.8 Å². The lowest BCUT2D eigenvalue weighted by Gasteiger charge is -2.30. The fourth-order valence-electron chi connectivity index (χ4n) is 2.94. The number of ether oxygens (including phenoxy) is 3. The van der Waals surface area contributed by atoms with E-state index < -0.39 is 0 Å². The number of nitrogens with one attached hydrogen (secondary N) is 1. The number of hydrogen-bond acceptors (Lipinski definition) is 6. The predicted molar refractivity (Wildman–Crippen MR) is 99.0 cm³/mol. The Morgan fingerprint density at radius 2 is 1.85 bits per heavy atom. The molecule has 144 valence electrons. The van der Waals surface area contributed by atoms with Gasteiger partial charge in [-0.15, -0.1) is 0 Å². The molecule has 0 bridgehead atoms. The van der Waals surface area contributed by atoms with Crippen LogP contribution in [0.5, 0.6) is 11.5 Å². The molecule has 26 heavy (non-hydrogen) atoms. The molecule has 0 saturated carbocycles. The Morgan fingerprint density at radius 1 is 1.19 bits per heavy atom. The maximum atomic E-state index is 12.4. The van der Waals surface area contributed by atoms with Gasteiger partial charge >= 0.3 is 5.97 Å². The van der Waals surface area contributed by atoms with Gasteiger partial charge in [-0.3, -0.25) is 14.5 Å². The highest BCUT2D eigenvalue weighted by Crippen LogP contribution is 2.35. The SMILES string of the molecule is CCOC(=O)C1CCN(CC(=O)Nc2cc(OC)c(Cl)cc2OC)CC1. The number of methoxy groups -OCH3 is 2. The largest absolute Gasteiger partial charge is 0.495 e. The van der Waals surface area contributed by atoms with E-state index in [2.05, 4.69) is 5.32 Å². The van der Waals surface area contributed by atoms with E-state index in [1.54, 1.807) is 19.1 Å². The average Bonchev–Trinajstić information content (AvgIpc) is 2.63. The molecule has 1 aliphatic heterocycles. The molecule has 1 fully saturated rings.